The molecule has 0 aliphatic rings. The molecule has 3 nitrogen and oxygen atoms in total. The Morgan fingerprint density at radius 1 is 1.47 bits per heavy atom. The first-order valence-electron chi connectivity index (χ1n) is 4.64. The maximum absolute atomic E-state index is 13.3. The van der Waals surface area contributed by atoms with E-state index in [9.17, 15) is 14.3 Å². The molecule has 0 spiro atoms. The van der Waals surface area contributed by atoms with Crippen molar-refractivity contribution in [2.24, 2.45) is 0 Å². The molecular weight excluding hydrogens is 199 g/mol. The Morgan fingerprint density at radius 2 is 2.13 bits per heavy atom. The molecule has 1 aromatic rings. The lowest BCUT2D eigenvalue weighted by molar-refractivity contribution is 0.0579. The van der Waals surface area contributed by atoms with Crippen molar-refractivity contribution in [1.29, 1.82) is 0 Å². The molecule has 82 valence electrons. The highest BCUT2D eigenvalue weighted by atomic mass is 19.1. The van der Waals surface area contributed by atoms with Crippen molar-refractivity contribution >= 4 is 6.29 Å². The number of aldehydes is 1. The maximum Gasteiger partial charge on any atom is 0.165 e. The van der Waals surface area contributed by atoms with Gasteiger partial charge in [0.1, 0.15) is 12.4 Å². The van der Waals surface area contributed by atoms with Crippen LogP contribution in [0.2, 0.25) is 0 Å². The fourth-order valence-electron chi connectivity index (χ4n) is 0.985. The van der Waals surface area contributed by atoms with Crippen molar-refractivity contribution in [3.63, 3.8) is 0 Å². The number of aliphatic hydroxyl groups excluding tert-OH is 1. The van der Waals surface area contributed by atoms with Crippen molar-refractivity contribution < 1.29 is 19.0 Å². The van der Waals surface area contributed by atoms with E-state index in [-0.39, 0.29) is 11.3 Å². The van der Waals surface area contributed by atoms with Gasteiger partial charge in [-0.15, -0.1) is 0 Å². The summed E-state index contributed by atoms with van der Waals surface area (Å²) in [4.78, 5) is 10.4. The minimum absolute atomic E-state index is 0.0361. The number of aliphatic hydroxyl groups is 1. The van der Waals surface area contributed by atoms with E-state index in [1.54, 1.807) is 13.8 Å². The van der Waals surface area contributed by atoms with E-state index in [1.165, 1.54) is 12.1 Å². The SMILES string of the molecule is CC(O)C(C)Oc1ccc(C=O)cc1F. The Balaban J connectivity index is 2.82. The summed E-state index contributed by atoms with van der Waals surface area (Å²) in [6, 6.07) is 3.93. The molecule has 15 heavy (non-hydrogen) atoms. The third-order valence-corrected chi connectivity index (χ3v) is 2.08. The number of benzene rings is 1. The van der Waals surface area contributed by atoms with Crippen LogP contribution in [0.25, 0.3) is 0 Å². The molecule has 0 bridgehead atoms. The lowest BCUT2D eigenvalue weighted by Gasteiger charge is -2.17. The quantitative estimate of drug-likeness (QED) is 0.774. The lowest BCUT2D eigenvalue weighted by Crippen LogP contribution is -2.25. The average Bonchev–Trinajstić information content (AvgIpc) is 2.20. The predicted octanol–water partition coefficient (Wildman–Crippen LogP) is 1.79. The van der Waals surface area contributed by atoms with E-state index >= 15 is 0 Å². The highest BCUT2D eigenvalue weighted by Crippen LogP contribution is 2.19. The third-order valence-electron chi connectivity index (χ3n) is 2.08. The molecule has 2 unspecified atom stereocenters. The van der Waals surface area contributed by atoms with Gasteiger partial charge in [-0.05, 0) is 32.0 Å². The third kappa shape index (κ3) is 3.02. The molecule has 0 saturated carbocycles. The van der Waals surface area contributed by atoms with Gasteiger partial charge < -0.3 is 9.84 Å². The molecule has 1 rings (SSSR count). The minimum atomic E-state index is -0.685. The number of hydrogen-bond acceptors (Lipinski definition) is 3. The second-order valence-corrected chi connectivity index (χ2v) is 3.37. The molecule has 0 aliphatic carbocycles. The second-order valence-electron chi connectivity index (χ2n) is 3.37. The number of halogens is 1. The molecule has 1 N–H and O–H groups in total. The molecule has 1 aromatic carbocycles. The van der Waals surface area contributed by atoms with Crippen LogP contribution in [-0.4, -0.2) is 23.6 Å². The number of hydrogen-bond donors (Lipinski definition) is 1. The van der Waals surface area contributed by atoms with Crippen molar-refractivity contribution in [2.45, 2.75) is 26.1 Å². The fraction of sp³-hybridized carbons (Fsp3) is 0.364. The smallest absolute Gasteiger partial charge is 0.165 e. The monoisotopic (exact) mass is 212 g/mol. The molecule has 0 aromatic heterocycles. The largest absolute Gasteiger partial charge is 0.485 e. The molecular formula is C11H13FO3. The van der Waals surface area contributed by atoms with Gasteiger partial charge in [0.25, 0.3) is 0 Å². The van der Waals surface area contributed by atoms with E-state index in [0.717, 1.165) is 6.07 Å². The summed E-state index contributed by atoms with van der Waals surface area (Å²) >= 11 is 0. The van der Waals surface area contributed by atoms with Crippen LogP contribution in [0, 0.1) is 5.82 Å². The summed E-state index contributed by atoms with van der Waals surface area (Å²) in [7, 11) is 0. The zero-order valence-electron chi connectivity index (χ0n) is 8.61. The van der Waals surface area contributed by atoms with Crippen LogP contribution >= 0.6 is 0 Å². The first kappa shape index (κ1) is 11.7. The van der Waals surface area contributed by atoms with E-state index in [2.05, 4.69) is 0 Å². The zero-order chi connectivity index (χ0) is 11.4. The molecule has 0 heterocycles. The lowest BCUT2D eigenvalue weighted by atomic mass is 10.2. The van der Waals surface area contributed by atoms with Crippen LogP contribution in [-0.2, 0) is 0 Å². The standard InChI is InChI=1S/C11H13FO3/c1-7(14)8(2)15-11-4-3-9(6-13)5-10(11)12/h3-8,14H,1-2H3. The molecule has 0 fully saturated rings. The molecule has 0 radical (unpaired) electrons. The van der Waals surface area contributed by atoms with Gasteiger partial charge >= 0.3 is 0 Å². The topological polar surface area (TPSA) is 46.5 Å². The Hall–Kier alpha value is -1.42. The first-order valence-corrected chi connectivity index (χ1v) is 4.64. The van der Waals surface area contributed by atoms with E-state index in [1.807, 2.05) is 0 Å². The van der Waals surface area contributed by atoms with E-state index in [4.69, 9.17) is 4.74 Å². The number of ether oxygens (including phenoxy) is 1. The second kappa shape index (κ2) is 4.89. The first-order chi connectivity index (χ1) is 7.04. The summed E-state index contributed by atoms with van der Waals surface area (Å²) < 4.78 is 18.5. The Bertz CT molecular complexity index is 350. The Morgan fingerprint density at radius 3 is 2.60 bits per heavy atom. The molecule has 4 heteroatoms. The van der Waals surface area contributed by atoms with Gasteiger partial charge in [-0.2, -0.15) is 0 Å². The van der Waals surface area contributed by atoms with Crippen LogP contribution in [0.1, 0.15) is 24.2 Å². The number of carbonyl (C=O) groups excluding carboxylic acids is 1. The molecule has 0 amide bonds. The Kier molecular flexibility index (Phi) is 3.80. The van der Waals surface area contributed by atoms with Gasteiger partial charge in [0.05, 0.1) is 6.10 Å². The van der Waals surface area contributed by atoms with E-state index < -0.39 is 18.0 Å². The van der Waals surface area contributed by atoms with Crippen LogP contribution < -0.4 is 4.74 Å². The highest BCUT2D eigenvalue weighted by Gasteiger charge is 2.13. The van der Waals surface area contributed by atoms with Crippen LogP contribution in [0.15, 0.2) is 18.2 Å². The Labute approximate surface area is 87.5 Å². The minimum Gasteiger partial charge on any atom is -0.485 e. The van der Waals surface area contributed by atoms with Gasteiger partial charge in [0.15, 0.2) is 11.6 Å². The summed E-state index contributed by atoms with van der Waals surface area (Å²) in [5, 5.41) is 9.17. The number of carbonyl (C=O) groups is 1. The predicted molar refractivity (Wildman–Crippen MR) is 53.6 cm³/mol. The van der Waals surface area contributed by atoms with Gasteiger partial charge in [0, 0.05) is 5.56 Å². The van der Waals surface area contributed by atoms with Crippen LogP contribution in [0.5, 0.6) is 5.75 Å². The summed E-state index contributed by atoms with van der Waals surface area (Å²) in [5.74, 6) is -0.568. The molecule has 0 aliphatic heterocycles. The maximum atomic E-state index is 13.3. The van der Waals surface area contributed by atoms with Crippen molar-refractivity contribution in [3.05, 3.63) is 29.6 Å². The van der Waals surface area contributed by atoms with Gasteiger partial charge in [0.2, 0.25) is 0 Å². The summed E-state index contributed by atoms with van der Waals surface area (Å²) in [6.07, 6.45) is -0.623. The fourth-order valence-corrected chi connectivity index (χ4v) is 0.985. The normalized spacial score (nSPS) is 14.4. The van der Waals surface area contributed by atoms with Gasteiger partial charge in [-0.25, -0.2) is 4.39 Å². The summed E-state index contributed by atoms with van der Waals surface area (Å²) in [5.41, 5.74) is 0.254. The number of rotatable bonds is 4. The van der Waals surface area contributed by atoms with Crippen molar-refractivity contribution in [1.82, 2.24) is 0 Å². The van der Waals surface area contributed by atoms with Crippen LogP contribution in [0.3, 0.4) is 0 Å². The zero-order valence-corrected chi connectivity index (χ0v) is 8.61. The van der Waals surface area contributed by atoms with Crippen molar-refractivity contribution in [3.8, 4) is 5.75 Å². The summed E-state index contributed by atoms with van der Waals surface area (Å²) in [6.45, 7) is 3.19. The van der Waals surface area contributed by atoms with Gasteiger partial charge in [-0.1, -0.05) is 0 Å². The molecule has 2 atom stereocenters. The molecule has 0 saturated heterocycles. The van der Waals surface area contributed by atoms with Crippen molar-refractivity contribution in [2.75, 3.05) is 0 Å². The van der Waals surface area contributed by atoms with Crippen LogP contribution in [0.4, 0.5) is 4.39 Å². The van der Waals surface area contributed by atoms with E-state index in [0.29, 0.717) is 6.29 Å². The van der Waals surface area contributed by atoms with Gasteiger partial charge in [-0.3, -0.25) is 4.79 Å². The average molecular weight is 212 g/mol. The highest BCUT2D eigenvalue weighted by molar-refractivity contribution is 5.74.